The Bertz CT molecular complexity index is 1480. The molecule has 206 valence electrons. The van der Waals surface area contributed by atoms with Crippen molar-refractivity contribution in [1.82, 2.24) is 15.2 Å². The number of thioether (sulfide) groups is 1. The monoisotopic (exact) mass is 580 g/mol. The number of thiocarbonyl (C=S) groups is 1. The molecule has 1 N–H and O–H groups in total. The SMILES string of the molecule is COCCCN1C(=O)/C(=C\c2ccc(OC)c(CSc3nc(C(F)F)cc(-c4ccccc4)c3C#N)c2)NC1=S. The van der Waals surface area contributed by atoms with Gasteiger partial charge in [-0.2, -0.15) is 5.26 Å². The van der Waals surface area contributed by atoms with Crippen LogP contribution in [-0.2, 0) is 15.3 Å². The van der Waals surface area contributed by atoms with E-state index in [9.17, 15) is 18.8 Å². The average Bonchev–Trinajstić information content (AvgIpc) is 3.23. The van der Waals surface area contributed by atoms with E-state index in [2.05, 4.69) is 16.4 Å². The van der Waals surface area contributed by atoms with Gasteiger partial charge in [-0.1, -0.05) is 36.4 Å². The Morgan fingerprint density at radius 2 is 1.98 bits per heavy atom. The lowest BCUT2D eigenvalue weighted by molar-refractivity contribution is -0.122. The van der Waals surface area contributed by atoms with Crippen LogP contribution in [0.1, 0.15) is 35.2 Å². The predicted octanol–water partition coefficient (Wildman–Crippen LogP) is 5.95. The lowest BCUT2D eigenvalue weighted by Crippen LogP contribution is -2.32. The van der Waals surface area contributed by atoms with Crippen molar-refractivity contribution in [1.29, 1.82) is 5.26 Å². The molecule has 0 spiro atoms. The average molecular weight is 581 g/mol. The Kier molecular flexibility index (Phi) is 9.82. The number of benzene rings is 2. The molecule has 7 nitrogen and oxygen atoms in total. The third-order valence-electron chi connectivity index (χ3n) is 6.10. The molecule has 2 heterocycles. The van der Waals surface area contributed by atoms with Crippen molar-refractivity contribution in [3.63, 3.8) is 0 Å². The molecule has 4 rings (SSSR count). The number of nitrogens with zero attached hydrogens (tertiary/aromatic N) is 3. The third kappa shape index (κ3) is 6.65. The van der Waals surface area contributed by atoms with Crippen LogP contribution in [0.3, 0.4) is 0 Å². The predicted molar refractivity (Wildman–Crippen MR) is 154 cm³/mol. The summed E-state index contributed by atoms with van der Waals surface area (Å²) < 4.78 is 38.1. The molecule has 0 saturated carbocycles. The number of halogens is 2. The Balaban J connectivity index is 1.62. The lowest BCUT2D eigenvalue weighted by atomic mass is 10.0. The van der Waals surface area contributed by atoms with Crippen LogP contribution in [0, 0.1) is 11.3 Å². The quantitative estimate of drug-likeness (QED) is 0.129. The molecule has 1 fully saturated rings. The number of methoxy groups -OCH3 is 2. The summed E-state index contributed by atoms with van der Waals surface area (Å²) >= 11 is 6.49. The van der Waals surface area contributed by atoms with Gasteiger partial charge >= 0.3 is 0 Å². The van der Waals surface area contributed by atoms with Crippen LogP contribution in [-0.4, -0.2) is 48.3 Å². The molecule has 40 heavy (non-hydrogen) atoms. The number of aromatic nitrogens is 1. The maximum absolute atomic E-state index is 13.7. The number of hydrogen-bond donors (Lipinski definition) is 1. The topological polar surface area (TPSA) is 87.5 Å². The number of nitrogens with one attached hydrogen (secondary N) is 1. The van der Waals surface area contributed by atoms with Crippen molar-refractivity contribution in [2.24, 2.45) is 0 Å². The molecule has 0 unspecified atom stereocenters. The minimum Gasteiger partial charge on any atom is -0.496 e. The summed E-state index contributed by atoms with van der Waals surface area (Å²) in [5, 5.41) is 13.4. The molecule has 1 aliphatic heterocycles. The number of pyridine rings is 1. The van der Waals surface area contributed by atoms with Gasteiger partial charge in [0.15, 0.2) is 5.11 Å². The highest BCUT2D eigenvalue weighted by Gasteiger charge is 2.30. The molecule has 11 heteroatoms. The van der Waals surface area contributed by atoms with Crippen LogP contribution in [0.5, 0.6) is 5.75 Å². The standard InChI is InChI=1S/C29H26F2N4O3S2/c1-37-12-6-11-35-28(36)24(34-29(35)39)14-18-9-10-25(38-2)20(13-18)17-40-27-22(16-32)21(15-23(33-27)26(30)31)19-7-4-3-5-8-19/h3-5,7-10,13-15,26H,6,11-12,17H2,1-2H3,(H,34,39)/b24-14+. The first-order chi connectivity index (χ1) is 19.4. The van der Waals surface area contributed by atoms with Crippen LogP contribution in [0.2, 0.25) is 0 Å². The molecule has 3 aromatic rings. The Labute approximate surface area is 240 Å². The summed E-state index contributed by atoms with van der Waals surface area (Å²) in [6.45, 7) is 0.956. The minimum atomic E-state index is -2.80. The second kappa shape index (κ2) is 13.5. The molecule has 1 aliphatic rings. The van der Waals surface area contributed by atoms with E-state index in [1.807, 2.05) is 12.1 Å². The molecule has 0 bridgehead atoms. The molecule has 0 radical (unpaired) electrons. The van der Waals surface area contributed by atoms with E-state index in [1.165, 1.54) is 29.8 Å². The molecule has 1 saturated heterocycles. The number of nitriles is 1. The molecule has 1 amide bonds. The van der Waals surface area contributed by atoms with Gasteiger partial charge in [0.2, 0.25) is 0 Å². The number of rotatable bonds is 11. The molecule has 0 atom stereocenters. The van der Waals surface area contributed by atoms with Crippen LogP contribution < -0.4 is 10.1 Å². The first-order valence-corrected chi connectivity index (χ1v) is 13.7. The Hall–Kier alpha value is -3.85. The maximum Gasteiger partial charge on any atom is 0.280 e. The van der Waals surface area contributed by atoms with Crippen molar-refractivity contribution >= 4 is 41.1 Å². The fourth-order valence-electron chi connectivity index (χ4n) is 4.17. The Morgan fingerprint density at radius 1 is 1.20 bits per heavy atom. The number of carbonyl (C=O) groups is 1. The maximum atomic E-state index is 13.7. The zero-order chi connectivity index (χ0) is 28.6. The van der Waals surface area contributed by atoms with Crippen LogP contribution >= 0.6 is 24.0 Å². The van der Waals surface area contributed by atoms with E-state index in [0.717, 1.165) is 5.56 Å². The second-order valence-electron chi connectivity index (χ2n) is 8.70. The summed E-state index contributed by atoms with van der Waals surface area (Å²) in [6.07, 6.45) is -0.447. The number of carbonyl (C=O) groups excluding carboxylic acids is 1. The number of amides is 1. The van der Waals surface area contributed by atoms with E-state index in [0.29, 0.717) is 52.8 Å². The first kappa shape index (κ1) is 29.1. The van der Waals surface area contributed by atoms with Crippen molar-refractivity contribution in [3.05, 3.63) is 82.7 Å². The molecular weight excluding hydrogens is 554 g/mol. The van der Waals surface area contributed by atoms with E-state index in [4.69, 9.17) is 21.7 Å². The highest BCUT2D eigenvalue weighted by molar-refractivity contribution is 7.98. The molecule has 0 aliphatic carbocycles. The van der Waals surface area contributed by atoms with Gasteiger partial charge < -0.3 is 14.8 Å². The van der Waals surface area contributed by atoms with Crippen molar-refractivity contribution in [2.75, 3.05) is 27.4 Å². The van der Waals surface area contributed by atoms with Gasteiger partial charge in [-0.3, -0.25) is 9.69 Å². The highest BCUT2D eigenvalue weighted by Crippen LogP contribution is 2.36. The van der Waals surface area contributed by atoms with Crippen molar-refractivity contribution in [3.8, 4) is 22.9 Å². The summed E-state index contributed by atoms with van der Waals surface area (Å²) in [7, 11) is 3.13. The minimum absolute atomic E-state index is 0.203. The van der Waals surface area contributed by atoms with E-state index < -0.39 is 12.1 Å². The van der Waals surface area contributed by atoms with Gasteiger partial charge in [-0.15, -0.1) is 11.8 Å². The van der Waals surface area contributed by atoms with E-state index in [1.54, 1.807) is 49.6 Å². The van der Waals surface area contributed by atoms with Gasteiger partial charge in [-0.05, 0) is 54.0 Å². The largest absolute Gasteiger partial charge is 0.496 e. The van der Waals surface area contributed by atoms with Gasteiger partial charge in [-0.25, -0.2) is 13.8 Å². The summed E-state index contributed by atoms with van der Waals surface area (Å²) in [6, 6.07) is 17.7. The van der Waals surface area contributed by atoms with E-state index >= 15 is 0 Å². The van der Waals surface area contributed by atoms with Crippen molar-refractivity contribution in [2.45, 2.75) is 23.6 Å². The van der Waals surface area contributed by atoms with Crippen LogP contribution in [0.25, 0.3) is 17.2 Å². The van der Waals surface area contributed by atoms with E-state index in [-0.39, 0.29) is 22.2 Å². The van der Waals surface area contributed by atoms with Crippen molar-refractivity contribution < 1.29 is 23.0 Å². The van der Waals surface area contributed by atoms with Crippen LogP contribution in [0.15, 0.2) is 65.3 Å². The summed E-state index contributed by atoms with van der Waals surface area (Å²) in [5.41, 5.74) is 2.67. The zero-order valence-corrected chi connectivity index (χ0v) is 23.5. The van der Waals surface area contributed by atoms with Gasteiger partial charge in [0.05, 0.1) is 12.7 Å². The van der Waals surface area contributed by atoms with Gasteiger partial charge in [0.25, 0.3) is 12.3 Å². The second-order valence-corrected chi connectivity index (χ2v) is 10.1. The zero-order valence-electron chi connectivity index (χ0n) is 21.8. The van der Waals surface area contributed by atoms with Gasteiger partial charge in [0, 0.05) is 37.1 Å². The smallest absolute Gasteiger partial charge is 0.280 e. The fraction of sp³-hybridized carbons (Fsp3) is 0.241. The molecule has 1 aromatic heterocycles. The third-order valence-corrected chi connectivity index (χ3v) is 7.45. The van der Waals surface area contributed by atoms with Gasteiger partial charge in [0.1, 0.15) is 28.2 Å². The molecular formula is C29H26F2N4O3S2. The highest BCUT2D eigenvalue weighted by atomic mass is 32.2. The number of ether oxygens (including phenoxy) is 2. The fourth-order valence-corrected chi connectivity index (χ4v) is 5.44. The number of hydrogen-bond acceptors (Lipinski definition) is 7. The molecule has 2 aromatic carbocycles. The number of alkyl halides is 2. The Morgan fingerprint density at radius 3 is 2.65 bits per heavy atom. The first-order valence-electron chi connectivity index (χ1n) is 12.3. The van der Waals surface area contributed by atoms with Crippen LogP contribution in [0.4, 0.5) is 8.78 Å². The normalized spacial score (nSPS) is 14.1. The summed E-state index contributed by atoms with van der Waals surface area (Å²) in [4.78, 5) is 18.5. The summed E-state index contributed by atoms with van der Waals surface area (Å²) in [5.74, 6) is 0.628. The lowest BCUT2D eigenvalue weighted by Gasteiger charge is -2.13.